The van der Waals surface area contributed by atoms with E-state index in [1.165, 1.54) is 0 Å². The summed E-state index contributed by atoms with van der Waals surface area (Å²) in [6.45, 7) is 6.63. The molecule has 0 saturated heterocycles. The Kier molecular flexibility index (Phi) is 3.61. The van der Waals surface area contributed by atoms with Crippen LogP contribution in [0.15, 0.2) is 48.5 Å². The Bertz CT molecular complexity index is 1140. The third-order valence-corrected chi connectivity index (χ3v) is 7.68. The molecule has 2 bridgehead atoms. The summed E-state index contributed by atoms with van der Waals surface area (Å²) in [6, 6.07) is 15.4. The van der Waals surface area contributed by atoms with Crippen LogP contribution in [0.5, 0.6) is 5.75 Å². The summed E-state index contributed by atoms with van der Waals surface area (Å²) in [5.41, 5.74) is 3.15. The van der Waals surface area contributed by atoms with Crippen molar-refractivity contribution in [1.82, 2.24) is 9.97 Å². The summed E-state index contributed by atoms with van der Waals surface area (Å²) in [7, 11) is 1.63. The lowest BCUT2D eigenvalue weighted by Gasteiger charge is -2.39. The van der Waals surface area contributed by atoms with Crippen molar-refractivity contribution < 1.29 is 9.53 Å². The highest BCUT2D eigenvalue weighted by Gasteiger charge is 2.73. The van der Waals surface area contributed by atoms with E-state index >= 15 is 0 Å². The summed E-state index contributed by atoms with van der Waals surface area (Å²) < 4.78 is 5.22. The number of anilines is 1. The molecular weight excluding hydrogens is 362 g/mol. The fourth-order valence-electron chi connectivity index (χ4n) is 5.46. The number of benzene rings is 2. The van der Waals surface area contributed by atoms with Gasteiger partial charge in [-0.05, 0) is 54.7 Å². The first-order chi connectivity index (χ1) is 13.8. The fraction of sp³-hybridized carbons (Fsp3) is 0.375. The number of hydrogen-bond donors (Lipinski definition) is 1. The van der Waals surface area contributed by atoms with E-state index in [9.17, 15) is 4.79 Å². The van der Waals surface area contributed by atoms with E-state index in [2.05, 4.69) is 26.1 Å². The van der Waals surface area contributed by atoms with E-state index in [4.69, 9.17) is 14.7 Å². The zero-order valence-corrected chi connectivity index (χ0v) is 17.2. The van der Waals surface area contributed by atoms with E-state index in [1.54, 1.807) is 7.11 Å². The molecule has 1 saturated carbocycles. The number of rotatable bonds is 3. The monoisotopic (exact) mass is 387 g/mol. The van der Waals surface area contributed by atoms with Gasteiger partial charge in [0.15, 0.2) is 0 Å². The molecule has 1 amide bonds. The van der Waals surface area contributed by atoms with Crippen molar-refractivity contribution in [2.24, 2.45) is 5.41 Å². The molecule has 1 N–H and O–H groups in total. The molecule has 2 atom stereocenters. The second kappa shape index (κ2) is 5.78. The third-order valence-electron chi connectivity index (χ3n) is 7.68. The van der Waals surface area contributed by atoms with E-state index in [-0.39, 0.29) is 16.7 Å². The van der Waals surface area contributed by atoms with Crippen LogP contribution < -0.4 is 10.1 Å². The third kappa shape index (κ3) is 2.13. The quantitative estimate of drug-likeness (QED) is 0.713. The first kappa shape index (κ1) is 18.1. The molecule has 148 valence electrons. The zero-order valence-electron chi connectivity index (χ0n) is 17.2. The molecule has 1 fully saturated rings. The maximum Gasteiger partial charge on any atom is 0.237 e. The maximum absolute atomic E-state index is 13.8. The van der Waals surface area contributed by atoms with Gasteiger partial charge in [-0.3, -0.25) is 4.79 Å². The molecule has 5 heteroatoms. The SMILES string of the molecule is COc1ccc(NC(=O)[C@]23CC[C@@](C)(c4nc5ccccc5nc42)C3(C)C)cc1. The molecular formula is C24H25N3O2. The standard InChI is InChI=1S/C24H25N3O2/c1-22(2)23(3)13-14-24(22,21(28)25-15-9-11-16(29-4)12-10-15)20-19(23)26-17-7-5-6-8-18(17)27-20/h5-12H,13-14H2,1-4H3,(H,25,28)/t23-,24-/m0/s1. The van der Waals surface area contributed by atoms with Gasteiger partial charge in [-0.15, -0.1) is 0 Å². The summed E-state index contributed by atoms with van der Waals surface area (Å²) in [5.74, 6) is 0.762. The Hall–Kier alpha value is -2.95. The molecule has 1 heterocycles. The smallest absolute Gasteiger partial charge is 0.237 e. The van der Waals surface area contributed by atoms with Crippen LogP contribution in [0.25, 0.3) is 11.0 Å². The van der Waals surface area contributed by atoms with Gasteiger partial charge in [0.25, 0.3) is 0 Å². The Balaban J connectivity index is 1.65. The number of ether oxygens (including phenoxy) is 1. The van der Waals surface area contributed by atoms with Crippen LogP contribution in [0.3, 0.4) is 0 Å². The number of methoxy groups -OCH3 is 1. The highest BCUT2D eigenvalue weighted by molar-refractivity contribution is 6.02. The van der Waals surface area contributed by atoms with Gasteiger partial charge in [0.2, 0.25) is 5.91 Å². The van der Waals surface area contributed by atoms with Crippen molar-refractivity contribution in [2.75, 3.05) is 12.4 Å². The number of aromatic nitrogens is 2. The Morgan fingerprint density at radius 1 is 0.931 bits per heavy atom. The molecule has 3 aromatic rings. The Morgan fingerprint density at radius 3 is 2.17 bits per heavy atom. The van der Waals surface area contributed by atoms with Gasteiger partial charge in [-0.25, -0.2) is 9.97 Å². The Labute approximate surface area is 170 Å². The molecule has 2 aromatic carbocycles. The minimum Gasteiger partial charge on any atom is -0.497 e. The van der Waals surface area contributed by atoms with Gasteiger partial charge in [0.1, 0.15) is 5.75 Å². The molecule has 0 aliphatic heterocycles. The predicted octanol–water partition coefficient (Wildman–Crippen LogP) is 4.61. The summed E-state index contributed by atoms with van der Waals surface area (Å²) in [5, 5.41) is 3.15. The first-order valence-corrected chi connectivity index (χ1v) is 10.1. The van der Waals surface area contributed by atoms with Crippen LogP contribution in [0.4, 0.5) is 5.69 Å². The number of fused-ring (bicyclic) bond motifs is 6. The van der Waals surface area contributed by atoms with Gasteiger partial charge in [-0.2, -0.15) is 0 Å². The molecule has 5 rings (SSSR count). The lowest BCUT2D eigenvalue weighted by molar-refractivity contribution is -0.125. The van der Waals surface area contributed by atoms with Crippen molar-refractivity contribution in [1.29, 1.82) is 0 Å². The molecule has 29 heavy (non-hydrogen) atoms. The first-order valence-electron chi connectivity index (χ1n) is 10.1. The van der Waals surface area contributed by atoms with Crippen LogP contribution >= 0.6 is 0 Å². The van der Waals surface area contributed by atoms with Crippen molar-refractivity contribution in [3.05, 3.63) is 59.9 Å². The highest BCUT2D eigenvalue weighted by atomic mass is 16.5. The van der Waals surface area contributed by atoms with Gasteiger partial charge in [0.05, 0.1) is 34.9 Å². The number of nitrogens with zero attached hydrogens (tertiary/aromatic N) is 2. The molecule has 1 aromatic heterocycles. The number of nitrogens with one attached hydrogen (secondary N) is 1. The topological polar surface area (TPSA) is 64.1 Å². The number of carbonyl (C=O) groups excluding carboxylic acids is 1. The highest BCUT2D eigenvalue weighted by Crippen LogP contribution is 2.70. The van der Waals surface area contributed by atoms with Crippen LogP contribution in [-0.4, -0.2) is 23.0 Å². The van der Waals surface area contributed by atoms with Gasteiger partial charge in [-0.1, -0.05) is 32.9 Å². The molecule has 2 aliphatic rings. The van der Waals surface area contributed by atoms with E-state index in [0.717, 1.165) is 46.7 Å². The number of para-hydroxylation sites is 2. The number of carbonyl (C=O) groups is 1. The predicted molar refractivity (Wildman–Crippen MR) is 113 cm³/mol. The van der Waals surface area contributed by atoms with Crippen LogP contribution in [0.1, 0.15) is 45.0 Å². The minimum absolute atomic E-state index is 0.000257. The van der Waals surface area contributed by atoms with Gasteiger partial charge < -0.3 is 10.1 Å². The Morgan fingerprint density at radius 2 is 1.55 bits per heavy atom. The van der Waals surface area contributed by atoms with Crippen molar-refractivity contribution in [3.8, 4) is 5.75 Å². The zero-order chi connectivity index (χ0) is 20.4. The lowest BCUT2D eigenvalue weighted by atomic mass is 9.63. The van der Waals surface area contributed by atoms with Crippen molar-refractivity contribution >= 4 is 22.6 Å². The lowest BCUT2D eigenvalue weighted by Crippen LogP contribution is -2.48. The molecule has 5 nitrogen and oxygen atoms in total. The minimum atomic E-state index is -0.700. The summed E-state index contributed by atoms with van der Waals surface area (Å²) in [4.78, 5) is 23.8. The molecule has 2 aliphatic carbocycles. The van der Waals surface area contributed by atoms with Crippen LogP contribution in [-0.2, 0) is 15.6 Å². The summed E-state index contributed by atoms with van der Waals surface area (Å²) >= 11 is 0. The second-order valence-corrected chi connectivity index (χ2v) is 8.95. The van der Waals surface area contributed by atoms with E-state index in [1.807, 2.05) is 48.5 Å². The molecule has 0 spiro atoms. The normalized spacial score (nSPS) is 26.3. The van der Waals surface area contributed by atoms with Crippen molar-refractivity contribution in [3.63, 3.8) is 0 Å². The number of hydrogen-bond acceptors (Lipinski definition) is 4. The van der Waals surface area contributed by atoms with Crippen LogP contribution in [0.2, 0.25) is 0 Å². The van der Waals surface area contributed by atoms with E-state index < -0.39 is 5.41 Å². The average Bonchev–Trinajstić information content (AvgIpc) is 3.02. The second-order valence-electron chi connectivity index (χ2n) is 8.95. The van der Waals surface area contributed by atoms with Gasteiger partial charge >= 0.3 is 0 Å². The van der Waals surface area contributed by atoms with Gasteiger partial charge in [0, 0.05) is 11.1 Å². The average molecular weight is 387 g/mol. The maximum atomic E-state index is 13.8. The molecule has 0 radical (unpaired) electrons. The molecule has 0 unspecified atom stereocenters. The largest absolute Gasteiger partial charge is 0.497 e. The van der Waals surface area contributed by atoms with Crippen molar-refractivity contribution in [2.45, 2.75) is 44.4 Å². The fourth-order valence-corrected chi connectivity index (χ4v) is 5.46. The van der Waals surface area contributed by atoms with Crippen LogP contribution in [0, 0.1) is 5.41 Å². The van der Waals surface area contributed by atoms with E-state index in [0.29, 0.717) is 0 Å². The number of amides is 1. The summed E-state index contributed by atoms with van der Waals surface area (Å²) in [6.07, 6.45) is 1.70.